The highest BCUT2D eigenvalue weighted by Crippen LogP contribution is 2.55. The number of carboxylic acid groups (broad SMARTS) is 1. The van der Waals surface area contributed by atoms with E-state index >= 15 is 0 Å². The fourth-order valence-electron chi connectivity index (χ4n) is 4.73. The van der Waals surface area contributed by atoms with Crippen molar-refractivity contribution in [3.05, 3.63) is 0 Å². The summed E-state index contributed by atoms with van der Waals surface area (Å²) in [6.45, 7) is 4.25. The predicted molar refractivity (Wildman–Crippen MR) is 72.9 cm³/mol. The van der Waals surface area contributed by atoms with Crippen LogP contribution in [0.25, 0.3) is 0 Å². The maximum Gasteiger partial charge on any atom is 0.307 e. The standard InChI is InChI=1S/C16H26O3/c1-15(2)9-11(6-7-12(15)14(17)18)10-16-8-4-3-5-13(16)19-16/h11-13H,3-10H2,1-2H3,(H,17,18). The van der Waals surface area contributed by atoms with Crippen LogP contribution in [0.2, 0.25) is 0 Å². The average Bonchev–Trinajstić information content (AvgIpc) is 3.00. The Hall–Kier alpha value is -0.570. The van der Waals surface area contributed by atoms with Gasteiger partial charge in [-0.25, -0.2) is 0 Å². The van der Waals surface area contributed by atoms with Crippen molar-refractivity contribution in [2.45, 2.75) is 76.9 Å². The number of rotatable bonds is 3. The van der Waals surface area contributed by atoms with Gasteiger partial charge < -0.3 is 9.84 Å². The molecule has 0 radical (unpaired) electrons. The molecule has 1 saturated heterocycles. The maximum atomic E-state index is 11.3. The van der Waals surface area contributed by atoms with E-state index in [0.717, 1.165) is 19.3 Å². The zero-order valence-corrected chi connectivity index (χ0v) is 12.2. The molecular formula is C16H26O3. The quantitative estimate of drug-likeness (QED) is 0.794. The molecule has 0 aromatic heterocycles. The van der Waals surface area contributed by atoms with Crippen molar-refractivity contribution in [3.63, 3.8) is 0 Å². The molecule has 0 spiro atoms. The predicted octanol–water partition coefficient (Wildman–Crippen LogP) is 3.62. The van der Waals surface area contributed by atoms with Crippen LogP contribution in [-0.4, -0.2) is 22.8 Å². The second-order valence-corrected chi connectivity index (χ2v) is 7.65. The molecule has 0 aromatic carbocycles. The van der Waals surface area contributed by atoms with Crippen LogP contribution in [-0.2, 0) is 9.53 Å². The first kappa shape index (κ1) is 13.4. The second-order valence-electron chi connectivity index (χ2n) is 7.65. The van der Waals surface area contributed by atoms with E-state index in [2.05, 4.69) is 13.8 Å². The van der Waals surface area contributed by atoms with E-state index in [9.17, 15) is 9.90 Å². The highest BCUT2D eigenvalue weighted by Gasteiger charge is 2.58. The highest BCUT2D eigenvalue weighted by atomic mass is 16.6. The van der Waals surface area contributed by atoms with Gasteiger partial charge in [0.15, 0.2) is 0 Å². The summed E-state index contributed by atoms with van der Waals surface area (Å²) in [6.07, 6.45) is 9.77. The fraction of sp³-hybridized carbons (Fsp3) is 0.938. The molecule has 108 valence electrons. The van der Waals surface area contributed by atoms with E-state index in [1.165, 1.54) is 32.1 Å². The number of hydrogen-bond acceptors (Lipinski definition) is 2. The minimum Gasteiger partial charge on any atom is -0.481 e. The molecule has 3 fully saturated rings. The third kappa shape index (κ3) is 2.42. The molecule has 0 amide bonds. The van der Waals surface area contributed by atoms with Crippen LogP contribution in [0.4, 0.5) is 0 Å². The van der Waals surface area contributed by atoms with Gasteiger partial charge in [-0.3, -0.25) is 4.79 Å². The summed E-state index contributed by atoms with van der Waals surface area (Å²) in [7, 11) is 0. The Bertz CT molecular complexity index is 376. The fourth-order valence-corrected chi connectivity index (χ4v) is 4.73. The van der Waals surface area contributed by atoms with Gasteiger partial charge in [-0.2, -0.15) is 0 Å². The number of fused-ring (bicyclic) bond motifs is 1. The topological polar surface area (TPSA) is 49.8 Å². The minimum absolute atomic E-state index is 0.0650. The monoisotopic (exact) mass is 266 g/mol. The van der Waals surface area contributed by atoms with Gasteiger partial charge in [0.1, 0.15) is 0 Å². The van der Waals surface area contributed by atoms with Crippen LogP contribution < -0.4 is 0 Å². The van der Waals surface area contributed by atoms with Gasteiger partial charge in [0.05, 0.1) is 17.6 Å². The first-order valence-electron chi connectivity index (χ1n) is 7.84. The summed E-state index contributed by atoms with van der Waals surface area (Å²) in [4.78, 5) is 11.3. The number of aliphatic carboxylic acids is 1. The van der Waals surface area contributed by atoms with E-state index in [1.54, 1.807) is 0 Å². The van der Waals surface area contributed by atoms with Crippen LogP contribution in [0, 0.1) is 17.3 Å². The summed E-state index contributed by atoms with van der Waals surface area (Å²) in [5, 5.41) is 9.32. The highest BCUT2D eigenvalue weighted by molar-refractivity contribution is 5.71. The summed E-state index contributed by atoms with van der Waals surface area (Å²) in [5.74, 6) is -0.114. The van der Waals surface area contributed by atoms with Crippen molar-refractivity contribution in [2.24, 2.45) is 17.3 Å². The summed E-state index contributed by atoms with van der Waals surface area (Å²) >= 11 is 0. The lowest BCUT2D eigenvalue weighted by atomic mass is 9.63. The molecule has 3 heteroatoms. The van der Waals surface area contributed by atoms with Crippen molar-refractivity contribution in [1.29, 1.82) is 0 Å². The molecule has 2 saturated carbocycles. The molecule has 1 heterocycles. The summed E-state index contributed by atoms with van der Waals surface area (Å²) < 4.78 is 5.99. The number of carboxylic acids is 1. The SMILES string of the molecule is CC1(C)CC(CC23CCCCC2O3)CCC1C(=O)O. The van der Waals surface area contributed by atoms with Gasteiger partial charge in [-0.1, -0.05) is 26.7 Å². The van der Waals surface area contributed by atoms with E-state index in [4.69, 9.17) is 4.74 Å². The van der Waals surface area contributed by atoms with Crippen LogP contribution in [0.5, 0.6) is 0 Å². The van der Waals surface area contributed by atoms with Gasteiger partial charge in [-0.05, 0) is 49.9 Å². The van der Waals surface area contributed by atoms with Gasteiger partial charge in [0.2, 0.25) is 0 Å². The molecule has 19 heavy (non-hydrogen) atoms. The van der Waals surface area contributed by atoms with Gasteiger partial charge in [-0.15, -0.1) is 0 Å². The first-order chi connectivity index (χ1) is 8.93. The van der Waals surface area contributed by atoms with E-state index in [1.807, 2.05) is 0 Å². The Kier molecular flexibility index (Phi) is 3.16. The molecule has 0 bridgehead atoms. The van der Waals surface area contributed by atoms with Crippen molar-refractivity contribution in [3.8, 4) is 0 Å². The zero-order chi connectivity index (χ0) is 13.7. The van der Waals surface area contributed by atoms with Crippen LogP contribution >= 0.6 is 0 Å². The van der Waals surface area contributed by atoms with Crippen molar-refractivity contribution < 1.29 is 14.6 Å². The molecule has 3 aliphatic rings. The Balaban J connectivity index is 1.61. The third-order valence-corrected chi connectivity index (χ3v) is 5.78. The van der Waals surface area contributed by atoms with Crippen molar-refractivity contribution in [2.75, 3.05) is 0 Å². The summed E-state index contributed by atoms with van der Waals surface area (Å²) in [5.41, 5.74) is 0.138. The lowest BCUT2D eigenvalue weighted by Gasteiger charge is -2.41. The molecule has 3 nitrogen and oxygen atoms in total. The molecule has 4 atom stereocenters. The number of ether oxygens (including phenoxy) is 1. The number of hydrogen-bond donors (Lipinski definition) is 1. The lowest BCUT2D eigenvalue weighted by Crippen LogP contribution is -2.38. The minimum atomic E-state index is -0.611. The van der Waals surface area contributed by atoms with E-state index < -0.39 is 5.97 Å². The maximum absolute atomic E-state index is 11.3. The number of carbonyl (C=O) groups is 1. The molecule has 3 rings (SSSR count). The smallest absolute Gasteiger partial charge is 0.307 e. The Morgan fingerprint density at radius 3 is 2.68 bits per heavy atom. The van der Waals surface area contributed by atoms with Crippen molar-refractivity contribution in [1.82, 2.24) is 0 Å². The van der Waals surface area contributed by atoms with Crippen LogP contribution in [0.1, 0.15) is 65.2 Å². The molecular weight excluding hydrogens is 240 g/mol. The summed E-state index contributed by atoms with van der Waals surface area (Å²) in [6, 6.07) is 0. The first-order valence-corrected chi connectivity index (χ1v) is 7.84. The van der Waals surface area contributed by atoms with Gasteiger partial charge >= 0.3 is 5.97 Å². The molecule has 2 aliphatic carbocycles. The van der Waals surface area contributed by atoms with E-state index in [0.29, 0.717) is 12.0 Å². The Morgan fingerprint density at radius 1 is 1.26 bits per heavy atom. The molecule has 0 aromatic rings. The normalized spacial score (nSPS) is 44.4. The van der Waals surface area contributed by atoms with Crippen molar-refractivity contribution >= 4 is 5.97 Å². The largest absolute Gasteiger partial charge is 0.481 e. The molecule has 4 unspecified atom stereocenters. The lowest BCUT2D eigenvalue weighted by molar-refractivity contribution is -0.148. The number of epoxide rings is 1. The average molecular weight is 266 g/mol. The van der Waals surface area contributed by atoms with Gasteiger partial charge in [0, 0.05) is 0 Å². The second kappa shape index (κ2) is 4.47. The Morgan fingerprint density at radius 2 is 2.05 bits per heavy atom. The third-order valence-electron chi connectivity index (χ3n) is 5.78. The van der Waals surface area contributed by atoms with E-state index in [-0.39, 0.29) is 16.9 Å². The zero-order valence-electron chi connectivity index (χ0n) is 12.2. The molecule has 1 aliphatic heterocycles. The van der Waals surface area contributed by atoms with Crippen LogP contribution in [0.3, 0.4) is 0 Å². The van der Waals surface area contributed by atoms with Gasteiger partial charge in [0.25, 0.3) is 0 Å². The molecule has 1 N–H and O–H groups in total. The van der Waals surface area contributed by atoms with Crippen LogP contribution in [0.15, 0.2) is 0 Å². The Labute approximate surface area is 115 Å².